The van der Waals surface area contributed by atoms with Gasteiger partial charge in [0.15, 0.2) is 6.61 Å². The summed E-state index contributed by atoms with van der Waals surface area (Å²) in [4.78, 5) is 12.3. The van der Waals surface area contributed by atoms with E-state index in [1.165, 1.54) is 0 Å². The van der Waals surface area contributed by atoms with Crippen LogP contribution in [0.5, 0.6) is 5.75 Å². The van der Waals surface area contributed by atoms with Crippen LogP contribution in [0.3, 0.4) is 0 Å². The summed E-state index contributed by atoms with van der Waals surface area (Å²) < 4.78 is 12.7. The van der Waals surface area contributed by atoms with Gasteiger partial charge in [0.2, 0.25) is 0 Å². The van der Waals surface area contributed by atoms with Gasteiger partial charge in [0.05, 0.1) is 18.3 Å². The predicted molar refractivity (Wildman–Crippen MR) is 92.1 cm³/mol. The summed E-state index contributed by atoms with van der Waals surface area (Å²) in [6.45, 7) is 6.33. The highest BCUT2D eigenvalue weighted by molar-refractivity contribution is 5.78. The number of carbonyl (C=O) groups is 1. The van der Waals surface area contributed by atoms with Crippen molar-refractivity contribution in [1.29, 1.82) is 0 Å². The summed E-state index contributed by atoms with van der Waals surface area (Å²) >= 11 is 0. The zero-order valence-electron chi connectivity index (χ0n) is 14.9. The number of aryl methyl sites for hydroxylation is 3. The monoisotopic (exact) mass is 331 g/mol. The Labute approximate surface area is 142 Å². The number of aromatic nitrogens is 2. The minimum absolute atomic E-state index is 0.0385. The first-order valence-electron chi connectivity index (χ1n) is 7.89. The molecule has 1 atom stereocenters. The van der Waals surface area contributed by atoms with E-state index in [-0.39, 0.29) is 18.6 Å². The van der Waals surface area contributed by atoms with Crippen LogP contribution < -0.4 is 10.1 Å². The van der Waals surface area contributed by atoms with Crippen LogP contribution in [0.15, 0.2) is 24.4 Å². The fourth-order valence-corrected chi connectivity index (χ4v) is 2.61. The Morgan fingerprint density at radius 3 is 2.58 bits per heavy atom. The molecule has 6 nitrogen and oxygen atoms in total. The maximum atomic E-state index is 12.3. The standard InChI is InChI=1S/C18H25N3O3/c1-12-6-7-13(2)18(14(12)3)24-11-17(22)20-15(10-23-5)16-8-9-19-21(16)4/h6-9,15H,10-11H2,1-5H3,(H,20,22)/t15-/m0/s1. The fraction of sp³-hybridized carbons (Fsp3) is 0.444. The lowest BCUT2D eigenvalue weighted by molar-refractivity contribution is -0.124. The highest BCUT2D eigenvalue weighted by Gasteiger charge is 2.18. The molecule has 0 unspecified atom stereocenters. The highest BCUT2D eigenvalue weighted by Crippen LogP contribution is 2.25. The van der Waals surface area contributed by atoms with Gasteiger partial charge in [-0.15, -0.1) is 0 Å². The number of methoxy groups -OCH3 is 1. The topological polar surface area (TPSA) is 65.4 Å². The van der Waals surface area contributed by atoms with E-state index in [1.807, 2.05) is 40.0 Å². The molecule has 0 saturated heterocycles. The molecule has 0 aliphatic rings. The number of hydrogen-bond donors (Lipinski definition) is 1. The summed E-state index contributed by atoms with van der Waals surface area (Å²) in [6, 6.07) is 5.64. The van der Waals surface area contributed by atoms with Crippen molar-refractivity contribution in [2.24, 2.45) is 7.05 Å². The SMILES string of the molecule is COC[C@H](NC(=O)COc1c(C)ccc(C)c1C)c1ccnn1C. The summed E-state index contributed by atoms with van der Waals surface area (Å²) in [6.07, 6.45) is 1.69. The molecule has 0 aliphatic heterocycles. The van der Waals surface area contributed by atoms with E-state index in [1.54, 1.807) is 18.0 Å². The van der Waals surface area contributed by atoms with Crippen LogP contribution in [0.1, 0.15) is 28.4 Å². The smallest absolute Gasteiger partial charge is 0.258 e. The molecule has 6 heteroatoms. The maximum Gasteiger partial charge on any atom is 0.258 e. The van der Waals surface area contributed by atoms with Gasteiger partial charge in [0.25, 0.3) is 5.91 Å². The summed E-state index contributed by atoms with van der Waals surface area (Å²) in [5, 5.41) is 7.07. The van der Waals surface area contributed by atoms with Crippen LogP contribution in [0, 0.1) is 20.8 Å². The second-order valence-corrected chi connectivity index (χ2v) is 5.90. The van der Waals surface area contributed by atoms with E-state index in [0.29, 0.717) is 6.61 Å². The van der Waals surface area contributed by atoms with Gasteiger partial charge in [0.1, 0.15) is 5.75 Å². The highest BCUT2D eigenvalue weighted by atomic mass is 16.5. The zero-order chi connectivity index (χ0) is 17.7. The zero-order valence-corrected chi connectivity index (χ0v) is 14.9. The van der Waals surface area contributed by atoms with Crippen molar-refractivity contribution in [3.63, 3.8) is 0 Å². The third-order valence-electron chi connectivity index (χ3n) is 4.11. The molecule has 1 heterocycles. The average Bonchev–Trinajstić information content (AvgIpc) is 2.97. The van der Waals surface area contributed by atoms with Gasteiger partial charge in [-0.05, 0) is 43.5 Å². The van der Waals surface area contributed by atoms with Crippen molar-refractivity contribution in [2.75, 3.05) is 20.3 Å². The Hall–Kier alpha value is -2.34. The van der Waals surface area contributed by atoms with E-state index >= 15 is 0 Å². The van der Waals surface area contributed by atoms with Gasteiger partial charge < -0.3 is 14.8 Å². The second-order valence-electron chi connectivity index (χ2n) is 5.90. The average molecular weight is 331 g/mol. The number of benzene rings is 1. The minimum Gasteiger partial charge on any atom is -0.483 e. The third kappa shape index (κ3) is 4.14. The van der Waals surface area contributed by atoms with Gasteiger partial charge in [-0.25, -0.2) is 0 Å². The molecular formula is C18H25N3O3. The first kappa shape index (κ1) is 18.0. The third-order valence-corrected chi connectivity index (χ3v) is 4.11. The normalized spacial score (nSPS) is 12.0. The van der Waals surface area contributed by atoms with Crippen molar-refractivity contribution < 1.29 is 14.3 Å². The van der Waals surface area contributed by atoms with Crippen LogP contribution in [0.25, 0.3) is 0 Å². The summed E-state index contributed by atoms with van der Waals surface area (Å²) in [5.41, 5.74) is 4.10. The molecule has 1 aromatic heterocycles. The number of hydrogen-bond acceptors (Lipinski definition) is 4. The van der Waals surface area contributed by atoms with Crippen molar-refractivity contribution in [1.82, 2.24) is 15.1 Å². The number of amides is 1. The largest absolute Gasteiger partial charge is 0.483 e. The number of carbonyl (C=O) groups excluding carboxylic acids is 1. The van der Waals surface area contributed by atoms with E-state index < -0.39 is 0 Å². The molecule has 0 radical (unpaired) electrons. The molecule has 130 valence electrons. The Morgan fingerprint density at radius 1 is 1.25 bits per heavy atom. The predicted octanol–water partition coefficient (Wildman–Crippen LogP) is 2.23. The van der Waals surface area contributed by atoms with E-state index in [0.717, 1.165) is 28.1 Å². The van der Waals surface area contributed by atoms with Gasteiger partial charge >= 0.3 is 0 Å². The van der Waals surface area contributed by atoms with Crippen molar-refractivity contribution >= 4 is 5.91 Å². The number of nitrogens with zero attached hydrogens (tertiary/aromatic N) is 2. The quantitative estimate of drug-likeness (QED) is 0.845. The van der Waals surface area contributed by atoms with Gasteiger partial charge in [-0.2, -0.15) is 5.10 Å². The van der Waals surface area contributed by atoms with Gasteiger partial charge in [-0.3, -0.25) is 9.48 Å². The molecule has 2 aromatic rings. The van der Waals surface area contributed by atoms with Crippen LogP contribution in [0.4, 0.5) is 0 Å². The van der Waals surface area contributed by atoms with Gasteiger partial charge in [-0.1, -0.05) is 12.1 Å². The molecule has 0 fully saturated rings. The molecule has 1 N–H and O–H groups in total. The maximum absolute atomic E-state index is 12.3. The Balaban J connectivity index is 2.02. The first-order valence-corrected chi connectivity index (χ1v) is 7.89. The van der Waals surface area contributed by atoms with Crippen LogP contribution in [-0.4, -0.2) is 36.0 Å². The molecule has 1 amide bonds. The number of ether oxygens (including phenoxy) is 2. The Kier molecular flexibility index (Phi) is 5.98. The molecule has 0 aliphatic carbocycles. The van der Waals surface area contributed by atoms with Gasteiger partial charge in [0, 0.05) is 20.4 Å². The van der Waals surface area contributed by atoms with E-state index in [4.69, 9.17) is 9.47 Å². The lowest BCUT2D eigenvalue weighted by atomic mass is 10.1. The van der Waals surface area contributed by atoms with E-state index in [9.17, 15) is 4.79 Å². The molecule has 0 spiro atoms. The fourth-order valence-electron chi connectivity index (χ4n) is 2.61. The molecule has 2 rings (SSSR count). The van der Waals surface area contributed by atoms with Crippen molar-refractivity contribution in [3.05, 3.63) is 46.8 Å². The number of nitrogens with one attached hydrogen (secondary N) is 1. The molecule has 1 aromatic carbocycles. The lowest BCUT2D eigenvalue weighted by Gasteiger charge is -2.19. The molecule has 24 heavy (non-hydrogen) atoms. The van der Waals surface area contributed by atoms with Crippen LogP contribution >= 0.6 is 0 Å². The van der Waals surface area contributed by atoms with Crippen LogP contribution in [-0.2, 0) is 16.6 Å². The summed E-state index contributed by atoms with van der Waals surface area (Å²) in [5.74, 6) is 0.576. The van der Waals surface area contributed by atoms with Crippen LogP contribution in [0.2, 0.25) is 0 Å². The lowest BCUT2D eigenvalue weighted by Crippen LogP contribution is -2.36. The minimum atomic E-state index is -0.265. The van der Waals surface area contributed by atoms with E-state index in [2.05, 4.69) is 16.5 Å². The van der Waals surface area contributed by atoms with Crippen molar-refractivity contribution in [3.8, 4) is 5.75 Å². The molecular weight excluding hydrogens is 306 g/mol. The van der Waals surface area contributed by atoms with Crippen molar-refractivity contribution in [2.45, 2.75) is 26.8 Å². The molecule has 0 saturated carbocycles. The second kappa shape index (κ2) is 7.97. The first-order chi connectivity index (χ1) is 11.4. The Morgan fingerprint density at radius 2 is 1.96 bits per heavy atom. The Bertz CT molecular complexity index is 710. The number of rotatable bonds is 7. The molecule has 0 bridgehead atoms. The summed E-state index contributed by atoms with van der Waals surface area (Å²) in [7, 11) is 3.44.